The van der Waals surface area contributed by atoms with Crippen LogP contribution in [0.1, 0.15) is 48.0 Å². The summed E-state index contributed by atoms with van der Waals surface area (Å²) in [7, 11) is 4.86. The lowest BCUT2D eigenvalue weighted by Crippen LogP contribution is -2.40. The minimum atomic E-state index is -0.636. The number of hydrogen-bond donors (Lipinski definition) is 1. The summed E-state index contributed by atoms with van der Waals surface area (Å²) in [6.07, 6.45) is 4.92. The molecule has 2 aliphatic rings. The maximum atomic E-state index is 15.3. The van der Waals surface area contributed by atoms with E-state index in [0.717, 1.165) is 29.8 Å². The van der Waals surface area contributed by atoms with E-state index in [1.807, 2.05) is 35.9 Å². The topological polar surface area (TPSA) is 99.1 Å². The number of carbonyl (C=O) groups is 3. The van der Waals surface area contributed by atoms with Crippen molar-refractivity contribution >= 4 is 46.0 Å². The zero-order chi connectivity index (χ0) is 30.7. The summed E-state index contributed by atoms with van der Waals surface area (Å²) in [5, 5.41) is 3.62. The van der Waals surface area contributed by atoms with Gasteiger partial charge in [0.25, 0.3) is 5.91 Å². The fourth-order valence-corrected chi connectivity index (χ4v) is 6.42. The Kier molecular flexibility index (Phi) is 9.68. The number of nitrogens with one attached hydrogen (secondary N) is 1. The lowest BCUT2D eigenvalue weighted by atomic mass is 9.87. The number of hydrogen-bond acceptors (Lipinski definition) is 6. The Balaban J connectivity index is 1.22. The third kappa shape index (κ3) is 6.87. The van der Waals surface area contributed by atoms with Crippen LogP contribution in [0.25, 0.3) is 10.9 Å². The van der Waals surface area contributed by atoms with E-state index in [0.29, 0.717) is 38.0 Å². The first-order valence-corrected chi connectivity index (χ1v) is 14.9. The van der Waals surface area contributed by atoms with Crippen molar-refractivity contribution in [1.29, 1.82) is 0 Å². The van der Waals surface area contributed by atoms with Crippen molar-refractivity contribution in [3.63, 3.8) is 0 Å². The van der Waals surface area contributed by atoms with Crippen LogP contribution in [0.3, 0.4) is 0 Å². The van der Waals surface area contributed by atoms with Gasteiger partial charge in [0.1, 0.15) is 5.82 Å². The summed E-state index contributed by atoms with van der Waals surface area (Å²) in [6.45, 7) is 0.717. The van der Waals surface area contributed by atoms with Crippen LogP contribution in [0.2, 0.25) is 5.02 Å². The number of likely N-dealkylation sites (tertiary alicyclic amines) is 1. The molecule has 2 amide bonds. The van der Waals surface area contributed by atoms with E-state index in [9.17, 15) is 14.4 Å². The molecule has 1 saturated heterocycles. The Bertz CT molecular complexity index is 1500. The molecule has 1 N–H and O–H groups in total. The number of anilines is 1. The summed E-state index contributed by atoms with van der Waals surface area (Å²) >= 11 is 6.47. The number of carbonyl (C=O) groups excluding carboxylic acids is 3. The highest BCUT2D eigenvalue weighted by atomic mass is 35.5. The average molecular weight is 614 g/mol. The largest absolute Gasteiger partial charge is 0.469 e. The van der Waals surface area contributed by atoms with Gasteiger partial charge >= 0.3 is 5.97 Å². The second kappa shape index (κ2) is 13.4. The molecule has 0 spiro atoms. The number of ether oxygens (including phenoxy) is 3. The average Bonchev–Trinajstić information content (AvgIpc) is 3.59. The highest BCUT2D eigenvalue weighted by Crippen LogP contribution is 2.31. The van der Waals surface area contributed by atoms with Gasteiger partial charge in [0.05, 0.1) is 60.6 Å². The molecular formula is C32H37ClFN3O6. The fourth-order valence-electron chi connectivity index (χ4n) is 6.18. The van der Waals surface area contributed by atoms with E-state index in [1.54, 1.807) is 18.2 Å². The van der Waals surface area contributed by atoms with Gasteiger partial charge in [-0.3, -0.25) is 14.4 Å². The number of esters is 1. The van der Waals surface area contributed by atoms with Crippen LogP contribution >= 0.6 is 11.6 Å². The van der Waals surface area contributed by atoms with E-state index in [4.69, 9.17) is 25.8 Å². The van der Waals surface area contributed by atoms with Gasteiger partial charge in [0, 0.05) is 37.8 Å². The van der Waals surface area contributed by atoms with E-state index >= 15 is 4.39 Å². The van der Waals surface area contributed by atoms with Crippen LogP contribution in [0.15, 0.2) is 42.6 Å². The van der Waals surface area contributed by atoms with Crippen molar-refractivity contribution in [2.45, 2.75) is 56.8 Å². The van der Waals surface area contributed by atoms with E-state index < -0.39 is 11.7 Å². The Morgan fingerprint density at radius 3 is 2.53 bits per heavy atom. The van der Waals surface area contributed by atoms with Crippen molar-refractivity contribution in [3.8, 4) is 0 Å². The van der Waals surface area contributed by atoms with Gasteiger partial charge in [-0.25, -0.2) is 4.39 Å². The molecule has 11 heteroatoms. The smallest absolute Gasteiger partial charge is 0.308 e. The molecule has 5 rings (SSSR count). The van der Waals surface area contributed by atoms with Crippen LogP contribution in [0.4, 0.5) is 10.1 Å². The van der Waals surface area contributed by atoms with E-state index in [1.165, 1.54) is 13.2 Å². The van der Waals surface area contributed by atoms with Gasteiger partial charge in [-0.15, -0.1) is 0 Å². The van der Waals surface area contributed by atoms with Crippen LogP contribution in [0, 0.1) is 11.7 Å². The third-order valence-electron chi connectivity index (χ3n) is 8.63. The number of aromatic nitrogens is 1. The molecule has 2 heterocycles. The van der Waals surface area contributed by atoms with Crippen molar-refractivity contribution in [2.24, 2.45) is 13.0 Å². The lowest BCUT2D eigenvalue weighted by molar-refractivity contribution is -0.148. The molecule has 0 bridgehead atoms. The first-order valence-electron chi connectivity index (χ1n) is 14.5. The van der Waals surface area contributed by atoms with Crippen molar-refractivity contribution in [3.05, 3.63) is 64.6 Å². The molecule has 230 valence electrons. The highest BCUT2D eigenvalue weighted by Gasteiger charge is 2.37. The van der Waals surface area contributed by atoms with E-state index in [-0.39, 0.29) is 58.7 Å². The molecular weight excluding hydrogens is 577 g/mol. The van der Waals surface area contributed by atoms with Gasteiger partial charge in [-0.2, -0.15) is 0 Å². The van der Waals surface area contributed by atoms with Gasteiger partial charge in [-0.05, 0) is 55.9 Å². The van der Waals surface area contributed by atoms with Gasteiger partial charge in [0.2, 0.25) is 5.91 Å². The van der Waals surface area contributed by atoms with Gasteiger partial charge < -0.3 is 29.0 Å². The molecule has 1 saturated carbocycles. The number of amides is 2. The summed E-state index contributed by atoms with van der Waals surface area (Å²) < 4.78 is 33.7. The Morgan fingerprint density at radius 1 is 1.07 bits per heavy atom. The number of benzene rings is 2. The maximum Gasteiger partial charge on any atom is 0.308 e. The van der Waals surface area contributed by atoms with Gasteiger partial charge in [0.15, 0.2) is 0 Å². The van der Waals surface area contributed by atoms with Gasteiger partial charge in [-0.1, -0.05) is 29.8 Å². The molecule has 2 atom stereocenters. The molecule has 0 unspecified atom stereocenters. The molecule has 1 aromatic heterocycles. The van der Waals surface area contributed by atoms with Crippen molar-refractivity contribution in [1.82, 2.24) is 9.47 Å². The van der Waals surface area contributed by atoms with E-state index in [2.05, 4.69) is 5.32 Å². The van der Waals surface area contributed by atoms with Crippen molar-refractivity contribution in [2.75, 3.05) is 32.7 Å². The Hall–Kier alpha value is -3.47. The second-order valence-electron chi connectivity index (χ2n) is 11.3. The molecule has 1 aliphatic heterocycles. The number of para-hydroxylation sites is 1. The minimum Gasteiger partial charge on any atom is -0.469 e. The summed E-state index contributed by atoms with van der Waals surface area (Å²) in [5.41, 5.74) is 1.60. The molecule has 0 radical (unpaired) electrons. The summed E-state index contributed by atoms with van der Waals surface area (Å²) in [5.74, 6) is -1.58. The summed E-state index contributed by atoms with van der Waals surface area (Å²) in [6, 6.07) is 9.83. The maximum absolute atomic E-state index is 15.3. The number of halogens is 2. The zero-order valence-electron chi connectivity index (χ0n) is 24.6. The minimum absolute atomic E-state index is 0.00679. The molecule has 2 aromatic carbocycles. The normalized spacial score (nSPS) is 22.1. The Morgan fingerprint density at radius 2 is 1.81 bits per heavy atom. The number of methoxy groups -OCH3 is 2. The van der Waals surface area contributed by atoms with Crippen LogP contribution in [-0.2, 0) is 37.3 Å². The lowest BCUT2D eigenvalue weighted by Gasteiger charge is -2.30. The zero-order valence-corrected chi connectivity index (χ0v) is 25.4. The fraction of sp³-hybridized carbons (Fsp3) is 0.469. The van der Waals surface area contributed by atoms with Crippen LogP contribution < -0.4 is 5.32 Å². The first kappa shape index (κ1) is 31.0. The summed E-state index contributed by atoms with van der Waals surface area (Å²) in [4.78, 5) is 40.0. The monoisotopic (exact) mass is 613 g/mol. The predicted octanol–water partition coefficient (Wildman–Crippen LogP) is 5.13. The van der Waals surface area contributed by atoms with Crippen LogP contribution in [-0.4, -0.2) is 72.9 Å². The molecule has 2 fully saturated rings. The predicted molar refractivity (Wildman–Crippen MR) is 161 cm³/mol. The quantitative estimate of drug-likeness (QED) is 0.336. The SMILES string of the molecule is COC(=O)[C@H]1CC[C@H](OC[C@@H]2C[C@H](OC)CN2C(=O)Cc2cc(Cl)c(NC(=O)c3cn(C)c4ccccc34)cc2F)CC1. The third-order valence-corrected chi connectivity index (χ3v) is 8.94. The van der Waals surface area contributed by atoms with Crippen LogP contribution in [0.5, 0.6) is 0 Å². The first-order chi connectivity index (χ1) is 20.7. The molecule has 3 aromatic rings. The standard InChI is InChI=1S/C32H37ClFN3O6/c1-36-17-25(24-6-4-5-7-29(24)36)31(39)35-28-15-27(34)20(12-26(28)33)13-30(38)37-16-23(41-2)14-21(37)18-43-22-10-8-19(9-11-22)32(40)42-3/h4-7,12,15,17,19,21-23H,8-11,13-14,16,18H2,1-3H3,(H,35,39)/t19-,21-,22-,23-/m0/s1. The number of nitrogens with zero attached hydrogens (tertiary/aromatic N) is 2. The highest BCUT2D eigenvalue weighted by molar-refractivity contribution is 6.34. The number of rotatable bonds is 9. The Labute approximate surface area is 255 Å². The number of aryl methyl sites for hydroxylation is 1. The molecule has 43 heavy (non-hydrogen) atoms. The molecule has 1 aliphatic carbocycles. The molecule has 9 nitrogen and oxygen atoms in total. The number of fused-ring (bicyclic) bond motifs is 1. The van der Waals surface area contributed by atoms with Crippen molar-refractivity contribution < 1.29 is 33.0 Å². The second-order valence-corrected chi connectivity index (χ2v) is 11.8.